The zero-order chi connectivity index (χ0) is 37.7. The molecule has 2 nitrogen and oxygen atoms in total. The van der Waals surface area contributed by atoms with Gasteiger partial charge in [-0.1, -0.05) is 140 Å². The molecule has 11 rings (SSSR count). The quantitative estimate of drug-likeness (QED) is 0.162. The fraction of sp³-hybridized carbons (Fsp3) is 0. The van der Waals surface area contributed by atoms with Crippen molar-refractivity contribution in [2.45, 2.75) is 0 Å². The van der Waals surface area contributed by atoms with Crippen molar-refractivity contribution in [3.63, 3.8) is 0 Å². The molecular formula is C54H35NOS. The molecule has 0 aliphatic carbocycles. The molecule has 0 aliphatic heterocycles. The summed E-state index contributed by atoms with van der Waals surface area (Å²) in [4.78, 5) is 2.34. The maximum absolute atomic E-state index is 6.63. The van der Waals surface area contributed by atoms with Crippen molar-refractivity contribution in [3.05, 3.63) is 212 Å². The van der Waals surface area contributed by atoms with Crippen LogP contribution >= 0.6 is 11.3 Å². The molecule has 0 amide bonds. The number of anilines is 3. The lowest BCUT2D eigenvalue weighted by Gasteiger charge is -2.26. The summed E-state index contributed by atoms with van der Waals surface area (Å²) >= 11 is 1.84. The molecule has 11 aromatic rings. The zero-order valence-electron chi connectivity index (χ0n) is 31.0. The van der Waals surface area contributed by atoms with Crippen LogP contribution < -0.4 is 4.90 Å². The van der Waals surface area contributed by atoms with Gasteiger partial charge in [0.1, 0.15) is 11.2 Å². The Balaban J connectivity index is 1.02. The topological polar surface area (TPSA) is 16.4 Å². The summed E-state index contributed by atoms with van der Waals surface area (Å²) in [5, 5.41) is 4.82. The van der Waals surface area contributed by atoms with Crippen LogP contribution in [0.5, 0.6) is 0 Å². The lowest BCUT2D eigenvalue weighted by atomic mass is 9.95. The van der Waals surface area contributed by atoms with Crippen LogP contribution in [0, 0.1) is 0 Å². The lowest BCUT2D eigenvalue weighted by molar-refractivity contribution is 0.670. The number of para-hydroxylation sites is 1. The van der Waals surface area contributed by atoms with Gasteiger partial charge in [-0.25, -0.2) is 0 Å². The van der Waals surface area contributed by atoms with E-state index in [1.54, 1.807) is 0 Å². The number of nitrogens with zero attached hydrogens (tertiary/aromatic N) is 1. The first-order chi connectivity index (χ1) is 28.2. The molecule has 0 bridgehead atoms. The molecule has 0 aliphatic rings. The summed E-state index contributed by atoms with van der Waals surface area (Å²) in [7, 11) is 0. The van der Waals surface area contributed by atoms with Crippen LogP contribution in [0.1, 0.15) is 0 Å². The number of rotatable bonds is 7. The van der Waals surface area contributed by atoms with E-state index in [0.717, 1.165) is 61.3 Å². The molecule has 268 valence electrons. The molecule has 0 atom stereocenters. The van der Waals surface area contributed by atoms with Gasteiger partial charge in [-0.05, 0) is 112 Å². The van der Waals surface area contributed by atoms with Crippen molar-refractivity contribution in [2.75, 3.05) is 4.90 Å². The monoisotopic (exact) mass is 745 g/mol. The predicted octanol–water partition coefficient (Wildman–Crippen LogP) is 16.1. The minimum absolute atomic E-state index is 0.899. The number of thiophene rings is 1. The number of furan rings is 1. The van der Waals surface area contributed by atoms with E-state index in [9.17, 15) is 0 Å². The van der Waals surface area contributed by atoms with Gasteiger partial charge in [-0.3, -0.25) is 0 Å². The van der Waals surface area contributed by atoms with Gasteiger partial charge < -0.3 is 9.32 Å². The van der Waals surface area contributed by atoms with E-state index in [2.05, 4.69) is 211 Å². The van der Waals surface area contributed by atoms with Gasteiger partial charge in [0.15, 0.2) is 0 Å². The average Bonchev–Trinajstić information content (AvgIpc) is 3.86. The van der Waals surface area contributed by atoms with Crippen molar-refractivity contribution in [1.82, 2.24) is 0 Å². The van der Waals surface area contributed by atoms with Gasteiger partial charge in [0.05, 0.1) is 0 Å². The molecule has 0 fully saturated rings. The van der Waals surface area contributed by atoms with Crippen molar-refractivity contribution in [2.24, 2.45) is 0 Å². The second kappa shape index (κ2) is 13.8. The van der Waals surface area contributed by atoms with Crippen LogP contribution in [0.3, 0.4) is 0 Å². The molecule has 2 aromatic heterocycles. The Morgan fingerprint density at radius 3 is 1.39 bits per heavy atom. The normalized spacial score (nSPS) is 11.5. The van der Waals surface area contributed by atoms with Crippen molar-refractivity contribution >= 4 is 70.5 Å². The average molecular weight is 746 g/mol. The van der Waals surface area contributed by atoms with E-state index in [1.165, 1.54) is 42.4 Å². The SMILES string of the molecule is c1ccc(-c2ccc(N(c3ccc(-c4ccccc4)cc3)c3ccc(-c4cc(-c5ccc6sc7ccccc7c6c5)c5oc6ccccc6c5c4)cc3)cc2)cc1. The van der Waals surface area contributed by atoms with Crippen LogP contribution in [-0.4, -0.2) is 0 Å². The van der Waals surface area contributed by atoms with E-state index in [-0.39, 0.29) is 0 Å². The molecular weight excluding hydrogens is 711 g/mol. The van der Waals surface area contributed by atoms with Gasteiger partial charge in [-0.15, -0.1) is 11.3 Å². The second-order valence-electron chi connectivity index (χ2n) is 14.5. The molecule has 2 heterocycles. The number of hydrogen-bond acceptors (Lipinski definition) is 3. The molecule has 0 saturated carbocycles. The number of hydrogen-bond donors (Lipinski definition) is 0. The Bertz CT molecular complexity index is 3110. The summed E-state index contributed by atoms with van der Waals surface area (Å²) in [6.45, 7) is 0. The van der Waals surface area contributed by atoms with E-state index in [4.69, 9.17) is 4.42 Å². The Morgan fingerprint density at radius 2 is 0.772 bits per heavy atom. The minimum Gasteiger partial charge on any atom is -0.455 e. The van der Waals surface area contributed by atoms with Gasteiger partial charge in [0, 0.05) is 53.6 Å². The fourth-order valence-corrected chi connectivity index (χ4v) is 9.31. The van der Waals surface area contributed by atoms with E-state index < -0.39 is 0 Å². The summed E-state index contributed by atoms with van der Waals surface area (Å²) < 4.78 is 9.23. The highest BCUT2D eigenvalue weighted by Crippen LogP contribution is 2.43. The maximum atomic E-state index is 6.63. The zero-order valence-corrected chi connectivity index (χ0v) is 31.8. The highest BCUT2D eigenvalue weighted by Gasteiger charge is 2.18. The van der Waals surface area contributed by atoms with Gasteiger partial charge in [-0.2, -0.15) is 0 Å². The summed E-state index contributed by atoms with van der Waals surface area (Å²) in [5.41, 5.74) is 14.4. The van der Waals surface area contributed by atoms with Crippen LogP contribution in [0.15, 0.2) is 217 Å². The first-order valence-corrected chi connectivity index (χ1v) is 20.1. The Labute approximate surface area is 335 Å². The van der Waals surface area contributed by atoms with Gasteiger partial charge in [0.25, 0.3) is 0 Å². The van der Waals surface area contributed by atoms with Crippen molar-refractivity contribution in [1.29, 1.82) is 0 Å². The Hall–Kier alpha value is -7.20. The molecule has 0 spiro atoms. The molecule has 0 unspecified atom stereocenters. The third-order valence-electron chi connectivity index (χ3n) is 11.1. The van der Waals surface area contributed by atoms with Crippen LogP contribution in [0.4, 0.5) is 17.1 Å². The summed E-state index contributed by atoms with van der Waals surface area (Å²) in [6.07, 6.45) is 0. The molecule has 0 saturated heterocycles. The highest BCUT2D eigenvalue weighted by molar-refractivity contribution is 7.25. The van der Waals surface area contributed by atoms with Crippen LogP contribution in [0.2, 0.25) is 0 Å². The van der Waals surface area contributed by atoms with Gasteiger partial charge >= 0.3 is 0 Å². The smallest absolute Gasteiger partial charge is 0.143 e. The third-order valence-corrected chi connectivity index (χ3v) is 12.2. The number of fused-ring (bicyclic) bond motifs is 6. The molecule has 0 N–H and O–H groups in total. The Morgan fingerprint density at radius 1 is 0.316 bits per heavy atom. The van der Waals surface area contributed by atoms with Crippen LogP contribution in [0.25, 0.3) is 86.6 Å². The van der Waals surface area contributed by atoms with E-state index >= 15 is 0 Å². The maximum Gasteiger partial charge on any atom is 0.143 e. The van der Waals surface area contributed by atoms with Crippen LogP contribution in [-0.2, 0) is 0 Å². The molecule has 0 radical (unpaired) electrons. The van der Waals surface area contributed by atoms with Crippen molar-refractivity contribution in [3.8, 4) is 44.5 Å². The summed E-state index contributed by atoms with van der Waals surface area (Å²) in [6, 6.07) is 76.3. The highest BCUT2D eigenvalue weighted by atomic mass is 32.1. The lowest BCUT2D eigenvalue weighted by Crippen LogP contribution is -2.09. The minimum atomic E-state index is 0.899. The molecule has 9 aromatic carbocycles. The number of benzene rings is 9. The standard InChI is InChI=1S/C54H35NOS/c1-3-11-36(12-4-1)38-19-26-43(27-20-38)55(44-28-21-39(22-29-44)37-13-5-2-6-14-37)45-30-23-40(24-31-45)42-34-48(54-50(35-42)46-15-7-9-17-51(46)56-54)41-25-32-53-49(33-41)47-16-8-10-18-52(47)57-53/h1-35H. The fourth-order valence-electron chi connectivity index (χ4n) is 8.22. The summed E-state index contributed by atoms with van der Waals surface area (Å²) in [5.74, 6) is 0. The first kappa shape index (κ1) is 33.2. The van der Waals surface area contributed by atoms with E-state index in [0.29, 0.717) is 0 Å². The molecule has 57 heavy (non-hydrogen) atoms. The largest absolute Gasteiger partial charge is 0.455 e. The van der Waals surface area contributed by atoms with Gasteiger partial charge in [0.2, 0.25) is 0 Å². The van der Waals surface area contributed by atoms with Crippen molar-refractivity contribution < 1.29 is 4.42 Å². The second-order valence-corrected chi connectivity index (χ2v) is 15.6. The molecule has 3 heteroatoms. The predicted molar refractivity (Wildman–Crippen MR) is 243 cm³/mol. The Kier molecular flexibility index (Phi) is 8.04. The third kappa shape index (κ3) is 5.97. The van der Waals surface area contributed by atoms with E-state index in [1.807, 2.05) is 17.4 Å². The first-order valence-electron chi connectivity index (χ1n) is 19.3.